The molecule has 0 saturated heterocycles. The summed E-state index contributed by atoms with van der Waals surface area (Å²) in [6.07, 6.45) is 0. The Morgan fingerprint density at radius 3 is 1.58 bits per heavy atom. The largest absolute Gasteiger partial charge is 0.508 e. The zero-order valence-electron chi connectivity index (χ0n) is 7.44. The minimum atomic E-state index is 0.250. The summed E-state index contributed by atoms with van der Waals surface area (Å²) >= 11 is 0. The molecule has 0 saturated carbocycles. The highest BCUT2D eigenvalue weighted by molar-refractivity contribution is 5.18. The number of para-hydroxylation sites is 1. The minimum absolute atomic E-state index is 0.250. The van der Waals surface area contributed by atoms with E-state index in [1.54, 1.807) is 31.2 Å². The SMILES string of the molecule is CCO.CO.Oc1ccccc1. The van der Waals surface area contributed by atoms with Crippen molar-refractivity contribution in [1.29, 1.82) is 0 Å². The van der Waals surface area contributed by atoms with Crippen LogP contribution in [0.4, 0.5) is 0 Å². The molecule has 0 amide bonds. The molecule has 70 valence electrons. The molecule has 3 heteroatoms. The minimum Gasteiger partial charge on any atom is -0.508 e. The van der Waals surface area contributed by atoms with E-state index >= 15 is 0 Å². The number of hydrogen-bond acceptors (Lipinski definition) is 3. The Morgan fingerprint density at radius 2 is 1.42 bits per heavy atom. The molecule has 0 aromatic heterocycles. The molecule has 0 spiro atoms. The summed E-state index contributed by atoms with van der Waals surface area (Å²) in [4.78, 5) is 0. The van der Waals surface area contributed by atoms with Crippen molar-refractivity contribution >= 4 is 0 Å². The van der Waals surface area contributed by atoms with Crippen LogP contribution < -0.4 is 0 Å². The quantitative estimate of drug-likeness (QED) is 0.547. The molecule has 0 atom stereocenters. The van der Waals surface area contributed by atoms with Gasteiger partial charge < -0.3 is 15.3 Å². The summed E-state index contributed by atoms with van der Waals surface area (Å²) in [5, 5.41) is 23.2. The second kappa shape index (κ2) is 12.6. The van der Waals surface area contributed by atoms with Crippen LogP contribution in [0.1, 0.15) is 6.92 Å². The van der Waals surface area contributed by atoms with Crippen molar-refractivity contribution in [3.05, 3.63) is 30.3 Å². The molecule has 0 radical (unpaired) electrons. The van der Waals surface area contributed by atoms with E-state index in [2.05, 4.69) is 0 Å². The van der Waals surface area contributed by atoms with Crippen molar-refractivity contribution in [3.63, 3.8) is 0 Å². The van der Waals surface area contributed by atoms with Gasteiger partial charge in [-0.1, -0.05) is 18.2 Å². The molecular weight excluding hydrogens is 156 g/mol. The first-order valence-corrected chi connectivity index (χ1v) is 3.60. The van der Waals surface area contributed by atoms with Gasteiger partial charge in [0.1, 0.15) is 5.75 Å². The highest BCUT2D eigenvalue weighted by Crippen LogP contribution is 2.02. The maximum Gasteiger partial charge on any atom is 0.115 e. The summed E-state index contributed by atoms with van der Waals surface area (Å²) in [6, 6.07) is 8.71. The van der Waals surface area contributed by atoms with Crippen LogP contribution in [0.15, 0.2) is 30.3 Å². The van der Waals surface area contributed by atoms with Gasteiger partial charge in [-0.2, -0.15) is 0 Å². The molecule has 0 aliphatic heterocycles. The number of phenolic OH excluding ortho intramolecular Hbond substituents is 1. The van der Waals surface area contributed by atoms with Crippen LogP contribution in [0.2, 0.25) is 0 Å². The fourth-order valence-electron chi connectivity index (χ4n) is 0.428. The predicted molar refractivity (Wildman–Crippen MR) is 49.0 cm³/mol. The van der Waals surface area contributed by atoms with Gasteiger partial charge in [0.25, 0.3) is 0 Å². The molecule has 0 unspecified atom stereocenters. The van der Waals surface area contributed by atoms with Crippen molar-refractivity contribution in [2.45, 2.75) is 6.92 Å². The second-order valence-electron chi connectivity index (χ2n) is 1.65. The van der Waals surface area contributed by atoms with E-state index in [0.29, 0.717) is 5.75 Å². The van der Waals surface area contributed by atoms with E-state index < -0.39 is 0 Å². The zero-order chi connectivity index (χ0) is 9.82. The number of rotatable bonds is 0. The van der Waals surface area contributed by atoms with Crippen LogP contribution in [-0.4, -0.2) is 29.0 Å². The number of phenols is 1. The van der Waals surface area contributed by atoms with E-state index in [0.717, 1.165) is 7.11 Å². The first kappa shape index (κ1) is 13.5. The Hall–Kier alpha value is -1.06. The molecule has 0 fully saturated rings. The van der Waals surface area contributed by atoms with Crippen molar-refractivity contribution in [2.75, 3.05) is 13.7 Å². The lowest BCUT2D eigenvalue weighted by Gasteiger charge is -1.82. The van der Waals surface area contributed by atoms with Gasteiger partial charge in [0, 0.05) is 13.7 Å². The number of benzene rings is 1. The first-order valence-electron chi connectivity index (χ1n) is 3.60. The summed E-state index contributed by atoms with van der Waals surface area (Å²) in [5.41, 5.74) is 0. The van der Waals surface area contributed by atoms with E-state index in [9.17, 15) is 0 Å². The highest BCUT2D eigenvalue weighted by atomic mass is 16.3. The standard InChI is InChI=1S/C6H6O.C2H6O.CH4O/c7-6-4-2-1-3-5-6;1-2-3;1-2/h1-5,7H;3H,2H2,1H3;2H,1H3. The Balaban J connectivity index is 0. The molecule has 1 aromatic carbocycles. The predicted octanol–water partition coefficient (Wildman–Crippen LogP) is 0.999. The van der Waals surface area contributed by atoms with Gasteiger partial charge >= 0.3 is 0 Å². The zero-order valence-corrected chi connectivity index (χ0v) is 7.44. The van der Waals surface area contributed by atoms with E-state index in [1.165, 1.54) is 0 Å². The third kappa shape index (κ3) is 11.7. The fourth-order valence-corrected chi connectivity index (χ4v) is 0.428. The lowest BCUT2D eigenvalue weighted by atomic mass is 10.3. The van der Waals surface area contributed by atoms with Gasteiger partial charge in [0.05, 0.1) is 0 Å². The van der Waals surface area contributed by atoms with Crippen LogP contribution in [-0.2, 0) is 0 Å². The molecule has 1 rings (SSSR count). The second-order valence-corrected chi connectivity index (χ2v) is 1.65. The number of aromatic hydroxyl groups is 1. The van der Waals surface area contributed by atoms with E-state index in [-0.39, 0.29) is 6.61 Å². The highest BCUT2D eigenvalue weighted by Gasteiger charge is 1.74. The van der Waals surface area contributed by atoms with Crippen molar-refractivity contribution in [1.82, 2.24) is 0 Å². The van der Waals surface area contributed by atoms with Crippen LogP contribution >= 0.6 is 0 Å². The van der Waals surface area contributed by atoms with Crippen LogP contribution in [0.5, 0.6) is 5.75 Å². The van der Waals surface area contributed by atoms with Crippen LogP contribution in [0, 0.1) is 0 Å². The summed E-state index contributed by atoms with van der Waals surface area (Å²) < 4.78 is 0. The van der Waals surface area contributed by atoms with Crippen molar-refractivity contribution in [2.24, 2.45) is 0 Å². The maximum atomic E-state index is 8.63. The monoisotopic (exact) mass is 172 g/mol. The normalized spacial score (nSPS) is 7.00. The number of aliphatic hydroxyl groups is 2. The van der Waals surface area contributed by atoms with Gasteiger partial charge in [-0.05, 0) is 19.1 Å². The van der Waals surface area contributed by atoms with E-state index in [4.69, 9.17) is 15.3 Å². The number of hydrogen-bond donors (Lipinski definition) is 3. The molecule has 12 heavy (non-hydrogen) atoms. The molecule has 1 aromatic rings. The average Bonchev–Trinajstić information content (AvgIpc) is 2.11. The molecule has 0 aliphatic rings. The van der Waals surface area contributed by atoms with Crippen molar-refractivity contribution < 1.29 is 15.3 Å². The van der Waals surface area contributed by atoms with Crippen LogP contribution in [0.25, 0.3) is 0 Å². The lowest BCUT2D eigenvalue weighted by Crippen LogP contribution is -1.57. The fraction of sp³-hybridized carbons (Fsp3) is 0.333. The lowest BCUT2D eigenvalue weighted by molar-refractivity contribution is 0.318. The van der Waals surface area contributed by atoms with Crippen LogP contribution in [0.3, 0.4) is 0 Å². The Morgan fingerprint density at radius 1 is 1.08 bits per heavy atom. The smallest absolute Gasteiger partial charge is 0.115 e. The summed E-state index contributed by atoms with van der Waals surface area (Å²) in [6.45, 7) is 1.93. The summed E-state index contributed by atoms with van der Waals surface area (Å²) in [7, 11) is 1.00. The first-order chi connectivity index (χ1) is 5.81. The van der Waals surface area contributed by atoms with Gasteiger partial charge in [0.2, 0.25) is 0 Å². The maximum absolute atomic E-state index is 8.63. The third-order valence-corrected chi connectivity index (χ3v) is 0.756. The van der Waals surface area contributed by atoms with E-state index in [1.807, 2.05) is 6.07 Å². The van der Waals surface area contributed by atoms with Gasteiger partial charge in [-0.15, -0.1) is 0 Å². The Bertz CT molecular complexity index is 151. The third-order valence-electron chi connectivity index (χ3n) is 0.756. The van der Waals surface area contributed by atoms with Crippen molar-refractivity contribution in [3.8, 4) is 5.75 Å². The molecule has 0 aliphatic carbocycles. The van der Waals surface area contributed by atoms with Gasteiger partial charge in [-0.3, -0.25) is 0 Å². The average molecular weight is 172 g/mol. The Labute approximate surface area is 72.9 Å². The summed E-state index contributed by atoms with van der Waals surface area (Å²) in [5.74, 6) is 0.322. The topological polar surface area (TPSA) is 60.7 Å². The van der Waals surface area contributed by atoms with Gasteiger partial charge in [-0.25, -0.2) is 0 Å². The molecular formula is C9H16O3. The molecule has 0 heterocycles. The molecule has 0 bridgehead atoms. The number of aliphatic hydroxyl groups excluding tert-OH is 2. The molecule has 3 nitrogen and oxygen atoms in total. The Kier molecular flexibility index (Phi) is 14.2. The van der Waals surface area contributed by atoms with Gasteiger partial charge in [0.15, 0.2) is 0 Å². The molecule has 3 N–H and O–H groups in total.